The highest BCUT2D eigenvalue weighted by Gasteiger charge is 2.32. The van der Waals surface area contributed by atoms with E-state index < -0.39 is 23.4 Å². The number of oxazole rings is 1. The fourth-order valence-corrected chi connectivity index (χ4v) is 4.17. The highest BCUT2D eigenvalue weighted by molar-refractivity contribution is 6.34. The molecule has 1 aliphatic rings. The normalized spacial score (nSPS) is 16.4. The molecule has 0 bridgehead atoms. The third-order valence-corrected chi connectivity index (χ3v) is 5.81. The van der Waals surface area contributed by atoms with Crippen molar-refractivity contribution >= 4 is 28.4 Å². The molecule has 0 saturated carbocycles. The van der Waals surface area contributed by atoms with Gasteiger partial charge < -0.3 is 4.42 Å². The lowest BCUT2D eigenvalue weighted by Crippen LogP contribution is -2.04. The average Bonchev–Trinajstić information content (AvgIpc) is 3.41. The standard InChI is InChI=1S/C24H14ClF5N2O/c25-15-10-14(24(28,29)30)11-20-22(15)33-23(32-20)13-6-4-12(5-7-13)18-8-9-19(31-18)21-16(26)2-1-3-17(21)27/h1-7,10-11,18H,8-9H2. The number of hydrogen-bond donors (Lipinski definition) is 0. The minimum Gasteiger partial charge on any atom is -0.435 e. The van der Waals surface area contributed by atoms with Crippen molar-refractivity contribution in [3.8, 4) is 11.5 Å². The third kappa shape index (κ3) is 3.99. The molecule has 1 atom stereocenters. The van der Waals surface area contributed by atoms with Crippen LogP contribution >= 0.6 is 11.6 Å². The van der Waals surface area contributed by atoms with Crippen LogP contribution in [0.25, 0.3) is 22.6 Å². The van der Waals surface area contributed by atoms with Gasteiger partial charge in [0.25, 0.3) is 0 Å². The van der Waals surface area contributed by atoms with Crippen molar-refractivity contribution in [1.29, 1.82) is 0 Å². The van der Waals surface area contributed by atoms with Gasteiger partial charge in [0.2, 0.25) is 5.89 Å². The highest BCUT2D eigenvalue weighted by Crippen LogP contribution is 2.37. The highest BCUT2D eigenvalue weighted by atomic mass is 35.5. The van der Waals surface area contributed by atoms with Gasteiger partial charge in [0.05, 0.1) is 22.2 Å². The van der Waals surface area contributed by atoms with E-state index in [1.165, 1.54) is 18.2 Å². The lowest BCUT2D eigenvalue weighted by molar-refractivity contribution is -0.137. The summed E-state index contributed by atoms with van der Waals surface area (Å²) in [7, 11) is 0. The van der Waals surface area contributed by atoms with E-state index in [1.54, 1.807) is 24.3 Å². The molecule has 1 unspecified atom stereocenters. The molecule has 0 fully saturated rings. The average molecular weight is 477 g/mol. The van der Waals surface area contributed by atoms with Crippen molar-refractivity contribution in [2.45, 2.75) is 25.1 Å². The topological polar surface area (TPSA) is 38.4 Å². The molecule has 0 saturated heterocycles. The molecule has 1 aromatic heterocycles. The van der Waals surface area contributed by atoms with E-state index in [1.807, 2.05) is 0 Å². The molecule has 3 nitrogen and oxygen atoms in total. The van der Waals surface area contributed by atoms with Crippen LogP contribution in [0.1, 0.15) is 35.6 Å². The number of nitrogens with zero attached hydrogens (tertiary/aromatic N) is 2. The lowest BCUT2D eigenvalue weighted by atomic mass is 10.0. The van der Waals surface area contributed by atoms with Crippen molar-refractivity contribution in [3.05, 3.63) is 87.9 Å². The molecule has 33 heavy (non-hydrogen) atoms. The summed E-state index contributed by atoms with van der Waals surface area (Å²) in [6.45, 7) is 0. The van der Waals surface area contributed by atoms with Crippen LogP contribution in [0.4, 0.5) is 22.0 Å². The van der Waals surface area contributed by atoms with Gasteiger partial charge in [-0.3, -0.25) is 4.99 Å². The maximum Gasteiger partial charge on any atom is 0.416 e. The number of rotatable bonds is 3. The molecule has 9 heteroatoms. The molecular weight excluding hydrogens is 463 g/mol. The Bertz CT molecular complexity index is 1370. The molecule has 5 rings (SSSR count). The second kappa shape index (κ2) is 7.95. The van der Waals surface area contributed by atoms with Crippen molar-refractivity contribution in [2.24, 2.45) is 4.99 Å². The van der Waals surface area contributed by atoms with Crippen molar-refractivity contribution in [3.63, 3.8) is 0 Å². The van der Waals surface area contributed by atoms with Crippen LogP contribution in [0.15, 0.2) is 64.0 Å². The molecule has 3 aromatic carbocycles. The maximum atomic E-state index is 14.1. The second-order valence-electron chi connectivity index (χ2n) is 7.67. The SMILES string of the molecule is Fc1cccc(F)c1C1=NC(c2ccc(-c3nc4cc(C(F)(F)F)cc(Cl)c4o3)cc2)CC1. The summed E-state index contributed by atoms with van der Waals surface area (Å²) < 4.78 is 72.8. The Morgan fingerprint density at radius 3 is 2.33 bits per heavy atom. The largest absolute Gasteiger partial charge is 0.435 e. The minimum atomic E-state index is -4.55. The monoisotopic (exact) mass is 476 g/mol. The first-order chi connectivity index (χ1) is 15.7. The molecule has 1 aliphatic heterocycles. The molecule has 0 radical (unpaired) electrons. The zero-order valence-electron chi connectivity index (χ0n) is 16.8. The first kappa shape index (κ1) is 21.6. The Morgan fingerprint density at radius 1 is 0.970 bits per heavy atom. The van der Waals surface area contributed by atoms with Gasteiger partial charge in [-0.25, -0.2) is 13.8 Å². The summed E-state index contributed by atoms with van der Waals surface area (Å²) in [5.74, 6) is -1.16. The van der Waals surface area contributed by atoms with Gasteiger partial charge in [0.1, 0.15) is 17.2 Å². The first-order valence-electron chi connectivity index (χ1n) is 9.99. The Morgan fingerprint density at radius 2 is 1.67 bits per heavy atom. The zero-order valence-corrected chi connectivity index (χ0v) is 17.5. The van der Waals surface area contributed by atoms with E-state index in [0.29, 0.717) is 24.1 Å². The summed E-state index contributed by atoms with van der Waals surface area (Å²) in [6.07, 6.45) is -3.51. The van der Waals surface area contributed by atoms with Crippen LogP contribution in [0.2, 0.25) is 5.02 Å². The molecule has 0 N–H and O–H groups in total. The number of alkyl halides is 3. The third-order valence-electron chi connectivity index (χ3n) is 5.53. The molecule has 0 amide bonds. The van der Waals surface area contributed by atoms with Gasteiger partial charge in [-0.05, 0) is 54.8 Å². The first-order valence-corrected chi connectivity index (χ1v) is 10.4. The van der Waals surface area contributed by atoms with Crippen LogP contribution in [0.3, 0.4) is 0 Å². The van der Waals surface area contributed by atoms with Crippen LogP contribution in [0, 0.1) is 11.6 Å². The van der Waals surface area contributed by atoms with Gasteiger partial charge in [0, 0.05) is 11.3 Å². The number of hydrogen-bond acceptors (Lipinski definition) is 3. The van der Waals surface area contributed by atoms with Crippen LogP contribution in [-0.4, -0.2) is 10.7 Å². The second-order valence-corrected chi connectivity index (χ2v) is 8.08. The number of halogens is 6. The number of fused-ring (bicyclic) bond motifs is 1. The lowest BCUT2D eigenvalue weighted by Gasteiger charge is -2.07. The van der Waals surface area contributed by atoms with E-state index in [9.17, 15) is 22.0 Å². The molecule has 0 spiro atoms. The van der Waals surface area contributed by atoms with Crippen LogP contribution < -0.4 is 0 Å². The van der Waals surface area contributed by atoms with Gasteiger partial charge in [-0.15, -0.1) is 0 Å². The number of benzene rings is 3. The predicted molar refractivity (Wildman–Crippen MR) is 114 cm³/mol. The van der Waals surface area contributed by atoms with Crippen molar-refractivity contribution in [1.82, 2.24) is 4.98 Å². The van der Waals surface area contributed by atoms with Gasteiger partial charge >= 0.3 is 6.18 Å². The molecular formula is C24H14ClF5N2O. The van der Waals surface area contributed by atoms with E-state index in [0.717, 1.165) is 17.7 Å². The quantitative estimate of drug-likeness (QED) is 0.283. The number of aromatic nitrogens is 1. The summed E-state index contributed by atoms with van der Waals surface area (Å²) in [5.41, 5.74) is 0.829. The fraction of sp³-hybridized carbons (Fsp3) is 0.167. The zero-order chi connectivity index (χ0) is 23.3. The van der Waals surface area contributed by atoms with Crippen LogP contribution in [0.5, 0.6) is 0 Å². The summed E-state index contributed by atoms with van der Waals surface area (Å²) in [4.78, 5) is 8.66. The summed E-state index contributed by atoms with van der Waals surface area (Å²) >= 11 is 5.96. The summed E-state index contributed by atoms with van der Waals surface area (Å²) in [5, 5.41) is -0.177. The smallest absolute Gasteiger partial charge is 0.416 e. The van der Waals surface area contributed by atoms with Crippen molar-refractivity contribution < 1.29 is 26.4 Å². The van der Waals surface area contributed by atoms with E-state index >= 15 is 0 Å². The van der Waals surface area contributed by atoms with E-state index in [2.05, 4.69) is 9.98 Å². The molecule has 2 heterocycles. The summed E-state index contributed by atoms with van der Waals surface area (Å²) in [6, 6.07) is 12.1. The predicted octanol–water partition coefficient (Wildman–Crippen LogP) is 7.77. The molecule has 0 aliphatic carbocycles. The van der Waals surface area contributed by atoms with Crippen molar-refractivity contribution in [2.75, 3.05) is 0 Å². The number of aliphatic imine (C=N–C) groups is 1. The minimum absolute atomic E-state index is 0.00542. The Kier molecular flexibility index (Phi) is 5.20. The molecule has 168 valence electrons. The van der Waals surface area contributed by atoms with E-state index in [-0.39, 0.29) is 33.6 Å². The van der Waals surface area contributed by atoms with E-state index in [4.69, 9.17) is 16.0 Å². The Labute approximate surface area is 189 Å². The van der Waals surface area contributed by atoms with Crippen LogP contribution in [-0.2, 0) is 6.18 Å². The van der Waals surface area contributed by atoms with Gasteiger partial charge in [0.15, 0.2) is 5.58 Å². The Balaban J connectivity index is 1.43. The fourth-order valence-electron chi connectivity index (χ4n) is 3.92. The van der Waals surface area contributed by atoms with Gasteiger partial charge in [-0.2, -0.15) is 13.2 Å². The Hall–Kier alpha value is -3.26. The maximum absolute atomic E-state index is 14.1. The molecule has 4 aromatic rings. The van der Waals surface area contributed by atoms with Gasteiger partial charge in [-0.1, -0.05) is 29.8 Å².